The Hall–Kier alpha value is -2.83. The number of anilines is 2. The van der Waals surface area contributed by atoms with E-state index >= 15 is 0 Å². The van der Waals surface area contributed by atoms with Crippen LogP contribution in [-0.2, 0) is 15.8 Å². The Balaban J connectivity index is 2.10. The zero-order valence-corrected chi connectivity index (χ0v) is 15.4. The van der Waals surface area contributed by atoms with E-state index in [-0.39, 0.29) is 24.6 Å². The molecule has 144 valence electrons. The van der Waals surface area contributed by atoms with E-state index in [9.17, 15) is 22.8 Å². The van der Waals surface area contributed by atoms with Crippen LogP contribution in [0.3, 0.4) is 0 Å². The zero-order chi connectivity index (χ0) is 20.2. The van der Waals surface area contributed by atoms with E-state index in [0.717, 1.165) is 28.2 Å². The Bertz CT molecular complexity index is 847. The summed E-state index contributed by atoms with van der Waals surface area (Å²) in [7, 11) is 0. The summed E-state index contributed by atoms with van der Waals surface area (Å²) < 4.78 is 38.7. The van der Waals surface area contributed by atoms with E-state index in [2.05, 4.69) is 5.32 Å². The smallest absolute Gasteiger partial charge is 0.326 e. The number of amides is 2. The van der Waals surface area contributed by atoms with Crippen LogP contribution in [0.25, 0.3) is 0 Å². The molecular weight excluding hydrogens is 357 g/mol. The third-order valence-corrected chi connectivity index (χ3v) is 4.09. The quantitative estimate of drug-likeness (QED) is 0.820. The topological polar surface area (TPSA) is 49.4 Å². The van der Waals surface area contributed by atoms with Crippen molar-refractivity contribution in [2.24, 2.45) is 0 Å². The van der Waals surface area contributed by atoms with Gasteiger partial charge in [-0.3, -0.25) is 9.59 Å². The van der Waals surface area contributed by atoms with Crippen LogP contribution in [0.4, 0.5) is 24.5 Å². The molecule has 0 atom stereocenters. The second kappa shape index (κ2) is 8.24. The fourth-order valence-corrected chi connectivity index (χ4v) is 2.62. The standard InChI is InChI=1S/C20H21F3N2O2/c1-13-7-8-14(2)18(11-13)24-19(27)9-10-25(15(3)26)17-6-4-5-16(12-17)20(21,22)23/h4-8,11-12H,9-10H2,1-3H3,(H,24,27). The predicted octanol–water partition coefficient (Wildman–Crippen LogP) is 4.70. The van der Waals surface area contributed by atoms with Crippen LogP contribution in [-0.4, -0.2) is 18.4 Å². The molecule has 0 radical (unpaired) electrons. The van der Waals surface area contributed by atoms with Gasteiger partial charge in [0.05, 0.1) is 5.56 Å². The number of halogens is 3. The number of nitrogens with one attached hydrogen (secondary N) is 1. The molecule has 0 fully saturated rings. The van der Waals surface area contributed by atoms with Crippen molar-refractivity contribution in [2.45, 2.75) is 33.4 Å². The first-order chi connectivity index (χ1) is 12.6. The monoisotopic (exact) mass is 378 g/mol. The van der Waals surface area contributed by atoms with Crippen molar-refractivity contribution in [3.8, 4) is 0 Å². The van der Waals surface area contributed by atoms with E-state index in [1.807, 2.05) is 32.0 Å². The molecule has 0 saturated heterocycles. The lowest BCUT2D eigenvalue weighted by Gasteiger charge is -2.22. The lowest BCUT2D eigenvalue weighted by Crippen LogP contribution is -2.32. The Kier molecular flexibility index (Phi) is 6.25. The average Bonchev–Trinajstić information content (AvgIpc) is 2.57. The molecule has 2 aromatic rings. The summed E-state index contributed by atoms with van der Waals surface area (Å²) in [6.45, 7) is 5.00. The van der Waals surface area contributed by atoms with Gasteiger partial charge in [-0.05, 0) is 49.2 Å². The molecule has 0 unspecified atom stereocenters. The maximum Gasteiger partial charge on any atom is 0.416 e. The Labute approximate surface area is 156 Å². The van der Waals surface area contributed by atoms with Gasteiger partial charge >= 0.3 is 6.18 Å². The van der Waals surface area contributed by atoms with Gasteiger partial charge in [-0.15, -0.1) is 0 Å². The number of aryl methyl sites for hydroxylation is 2. The molecule has 4 nitrogen and oxygen atoms in total. The molecule has 7 heteroatoms. The first-order valence-electron chi connectivity index (χ1n) is 8.40. The van der Waals surface area contributed by atoms with Gasteiger partial charge in [0.25, 0.3) is 0 Å². The van der Waals surface area contributed by atoms with Crippen LogP contribution in [0, 0.1) is 13.8 Å². The molecule has 1 N–H and O–H groups in total. The van der Waals surface area contributed by atoms with Crippen LogP contribution in [0.2, 0.25) is 0 Å². The van der Waals surface area contributed by atoms with Crippen molar-refractivity contribution in [1.29, 1.82) is 0 Å². The largest absolute Gasteiger partial charge is 0.416 e. The fourth-order valence-electron chi connectivity index (χ4n) is 2.62. The molecule has 27 heavy (non-hydrogen) atoms. The average molecular weight is 378 g/mol. The number of alkyl halides is 3. The molecule has 0 heterocycles. The molecule has 0 saturated carbocycles. The maximum atomic E-state index is 12.9. The number of nitrogens with zero attached hydrogens (tertiary/aromatic N) is 1. The van der Waals surface area contributed by atoms with Gasteiger partial charge in [-0.2, -0.15) is 13.2 Å². The Morgan fingerprint density at radius 1 is 1.07 bits per heavy atom. The van der Waals surface area contributed by atoms with Crippen LogP contribution < -0.4 is 10.2 Å². The lowest BCUT2D eigenvalue weighted by molar-refractivity contribution is -0.137. The highest BCUT2D eigenvalue weighted by Gasteiger charge is 2.31. The normalized spacial score (nSPS) is 11.2. The van der Waals surface area contributed by atoms with Crippen LogP contribution in [0.5, 0.6) is 0 Å². The van der Waals surface area contributed by atoms with E-state index < -0.39 is 17.6 Å². The summed E-state index contributed by atoms with van der Waals surface area (Å²) in [6, 6.07) is 10.1. The number of rotatable bonds is 5. The van der Waals surface area contributed by atoms with Crippen molar-refractivity contribution in [2.75, 3.05) is 16.8 Å². The number of carbonyl (C=O) groups is 2. The zero-order valence-electron chi connectivity index (χ0n) is 15.4. The van der Waals surface area contributed by atoms with Gasteiger partial charge in [0, 0.05) is 31.3 Å². The van der Waals surface area contributed by atoms with E-state index in [1.54, 1.807) is 0 Å². The number of hydrogen-bond donors (Lipinski definition) is 1. The maximum absolute atomic E-state index is 12.9. The highest BCUT2D eigenvalue weighted by atomic mass is 19.4. The summed E-state index contributed by atoms with van der Waals surface area (Å²) in [5, 5.41) is 2.78. The third-order valence-electron chi connectivity index (χ3n) is 4.09. The van der Waals surface area contributed by atoms with Gasteiger partial charge in [-0.25, -0.2) is 0 Å². The summed E-state index contributed by atoms with van der Waals surface area (Å²) in [6.07, 6.45) is -4.54. The molecular formula is C20H21F3N2O2. The minimum Gasteiger partial charge on any atom is -0.326 e. The van der Waals surface area contributed by atoms with E-state index in [1.165, 1.54) is 19.1 Å². The molecule has 0 bridgehead atoms. The van der Waals surface area contributed by atoms with Gasteiger partial charge in [0.15, 0.2) is 0 Å². The Morgan fingerprint density at radius 3 is 2.41 bits per heavy atom. The van der Waals surface area contributed by atoms with Crippen molar-refractivity contribution in [1.82, 2.24) is 0 Å². The second-order valence-electron chi connectivity index (χ2n) is 6.34. The van der Waals surface area contributed by atoms with Crippen molar-refractivity contribution in [3.05, 3.63) is 59.2 Å². The SMILES string of the molecule is CC(=O)N(CCC(=O)Nc1cc(C)ccc1C)c1cccc(C(F)(F)F)c1. The van der Waals surface area contributed by atoms with Crippen molar-refractivity contribution >= 4 is 23.2 Å². The van der Waals surface area contributed by atoms with Crippen LogP contribution >= 0.6 is 0 Å². The number of benzene rings is 2. The first kappa shape index (κ1) is 20.5. The first-order valence-corrected chi connectivity index (χ1v) is 8.40. The second-order valence-corrected chi connectivity index (χ2v) is 6.34. The van der Waals surface area contributed by atoms with Crippen LogP contribution in [0.1, 0.15) is 30.0 Å². The lowest BCUT2D eigenvalue weighted by atomic mass is 10.1. The van der Waals surface area contributed by atoms with E-state index in [4.69, 9.17) is 0 Å². The predicted molar refractivity (Wildman–Crippen MR) is 98.6 cm³/mol. The summed E-state index contributed by atoms with van der Waals surface area (Å²) in [5.41, 5.74) is 1.83. The van der Waals surface area contributed by atoms with E-state index in [0.29, 0.717) is 5.69 Å². The number of carbonyl (C=O) groups excluding carboxylic acids is 2. The molecule has 2 amide bonds. The minimum absolute atomic E-state index is 0.0205. The van der Waals surface area contributed by atoms with Crippen molar-refractivity contribution < 1.29 is 22.8 Å². The van der Waals surface area contributed by atoms with Crippen LogP contribution in [0.15, 0.2) is 42.5 Å². The minimum atomic E-state index is -4.50. The molecule has 0 aliphatic heterocycles. The molecule has 2 rings (SSSR count). The number of hydrogen-bond acceptors (Lipinski definition) is 2. The molecule has 0 aromatic heterocycles. The van der Waals surface area contributed by atoms with Gasteiger partial charge in [0.1, 0.15) is 0 Å². The van der Waals surface area contributed by atoms with Gasteiger partial charge in [-0.1, -0.05) is 18.2 Å². The molecule has 0 aliphatic rings. The van der Waals surface area contributed by atoms with Gasteiger partial charge < -0.3 is 10.2 Å². The third kappa shape index (κ3) is 5.57. The molecule has 0 aliphatic carbocycles. The van der Waals surface area contributed by atoms with Gasteiger partial charge in [0.2, 0.25) is 11.8 Å². The Morgan fingerprint density at radius 2 is 1.78 bits per heavy atom. The highest BCUT2D eigenvalue weighted by Crippen LogP contribution is 2.31. The van der Waals surface area contributed by atoms with Crippen molar-refractivity contribution in [3.63, 3.8) is 0 Å². The molecule has 2 aromatic carbocycles. The summed E-state index contributed by atoms with van der Waals surface area (Å²) in [4.78, 5) is 25.3. The molecule has 0 spiro atoms. The fraction of sp³-hybridized carbons (Fsp3) is 0.300. The highest BCUT2D eigenvalue weighted by molar-refractivity contribution is 5.95. The summed E-state index contributed by atoms with van der Waals surface area (Å²) >= 11 is 0. The summed E-state index contributed by atoms with van der Waals surface area (Å²) in [5.74, 6) is -0.754.